The molecule has 4 fully saturated rings. The lowest BCUT2D eigenvalue weighted by molar-refractivity contribution is 0.0575. The van der Waals surface area contributed by atoms with Crippen LogP contribution in [0.25, 0.3) is 0 Å². The summed E-state index contributed by atoms with van der Waals surface area (Å²) in [6, 6.07) is 2.33. The Labute approximate surface area is 233 Å². The number of aromatic nitrogens is 3. The van der Waals surface area contributed by atoms with Crippen LogP contribution in [0.2, 0.25) is 0 Å². The smallest absolute Gasteiger partial charge is 0.175 e. The van der Waals surface area contributed by atoms with Gasteiger partial charge in [-0.2, -0.15) is 0 Å². The van der Waals surface area contributed by atoms with Crippen molar-refractivity contribution in [2.24, 2.45) is 17.1 Å². The number of nitrogens with zero attached hydrogens (tertiary/aromatic N) is 5. The molecule has 210 valence electrons. The Morgan fingerprint density at radius 3 is 2.82 bits per heavy atom. The second-order valence-corrected chi connectivity index (χ2v) is 12.9. The van der Waals surface area contributed by atoms with E-state index in [4.69, 9.17) is 29.9 Å². The Balaban J connectivity index is 1.05. The van der Waals surface area contributed by atoms with Gasteiger partial charge in [-0.05, 0) is 51.0 Å². The van der Waals surface area contributed by atoms with E-state index < -0.39 is 0 Å². The summed E-state index contributed by atoms with van der Waals surface area (Å²) in [5.41, 5.74) is 7.12. The number of fused-ring (bicyclic) bond motifs is 3. The van der Waals surface area contributed by atoms with Gasteiger partial charge in [0.2, 0.25) is 0 Å². The molecule has 0 amide bonds. The van der Waals surface area contributed by atoms with Gasteiger partial charge in [-0.1, -0.05) is 11.8 Å². The lowest BCUT2D eigenvalue weighted by Crippen LogP contribution is -2.51. The fourth-order valence-corrected chi connectivity index (χ4v) is 7.42. The molecule has 0 radical (unpaired) electrons. The maximum Gasteiger partial charge on any atom is 0.175 e. The number of rotatable bonds is 7. The van der Waals surface area contributed by atoms with Crippen molar-refractivity contribution in [3.8, 4) is 5.75 Å². The van der Waals surface area contributed by atoms with Gasteiger partial charge >= 0.3 is 0 Å². The minimum atomic E-state index is -0.166. The van der Waals surface area contributed by atoms with Gasteiger partial charge in [-0.15, -0.1) is 0 Å². The molecule has 0 bridgehead atoms. The molecule has 4 atom stereocenters. The zero-order valence-corrected chi connectivity index (χ0v) is 23.3. The second kappa shape index (κ2) is 10.3. The van der Waals surface area contributed by atoms with Crippen LogP contribution in [0.1, 0.15) is 44.7 Å². The molecule has 11 heteroatoms. The van der Waals surface area contributed by atoms with Crippen molar-refractivity contribution in [3.63, 3.8) is 0 Å². The summed E-state index contributed by atoms with van der Waals surface area (Å²) in [6.45, 7) is 6.63. The van der Waals surface area contributed by atoms with Crippen LogP contribution < -0.4 is 20.3 Å². The number of aliphatic hydroxyl groups excluding tert-OH is 1. The Kier molecular flexibility index (Phi) is 6.83. The molecule has 0 unspecified atom stereocenters. The van der Waals surface area contributed by atoms with E-state index in [2.05, 4.69) is 21.7 Å². The highest BCUT2D eigenvalue weighted by Crippen LogP contribution is 2.45. The number of ether oxygens (including phenoxy) is 3. The fourth-order valence-electron chi connectivity index (χ4n) is 6.56. The lowest BCUT2D eigenvalue weighted by atomic mass is 9.73. The number of hydrogen-bond donors (Lipinski definition) is 2. The fraction of sp³-hybridized carbons (Fsp3) is 0.679. The molecule has 39 heavy (non-hydrogen) atoms. The third-order valence-electron chi connectivity index (χ3n) is 9.25. The molecule has 10 nitrogen and oxygen atoms in total. The first-order chi connectivity index (χ1) is 19.0. The molecule has 1 spiro atoms. The van der Waals surface area contributed by atoms with Crippen molar-refractivity contribution < 1.29 is 19.3 Å². The SMILES string of the molecule is C[C@@H]1OCC2(CCN(c3ncc(Sc4ccnc5c4OC[C@@H]4C[C@H](OCC6CC6)CN54)nc3CO)CC2)[C@@H]1N. The Hall–Kier alpha value is -2.18. The third kappa shape index (κ3) is 4.86. The number of aliphatic hydroxyl groups is 1. The van der Waals surface area contributed by atoms with Crippen molar-refractivity contribution >= 4 is 23.4 Å². The van der Waals surface area contributed by atoms with Gasteiger partial charge in [-0.3, -0.25) is 0 Å². The van der Waals surface area contributed by atoms with E-state index >= 15 is 0 Å². The quantitative estimate of drug-likeness (QED) is 0.526. The van der Waals surface area contributed by atoms with Crippen LogP contribution in [-0.4, -0.2) is 83.8 Å². The number of anilines is 2. The highest BCUT2D eigenvalue weighted by molar-refractivity contribution is 7.99. The minimum absolute atomic E-state index is 0.0384. The highest BCUT2D eigenvalue weighted by atomic mass is 32.2. The van der Waals surface area contributed by atoms with Crippen molar-refractivity contribution in [2.75, 3.05) is 49.3 Å². The molecular weight excluding hydrogens is 516 g/mol. The third-order valence-corrected chi connectivity index (χ3v) is 10.2. The Morgan fingerprint density at radius 2 is 2.08 bits per heavy atom. The monoisotopic (exact) mass is 554 g/mol. The molecule has 3 N–H and O–H groups in total. The van der Waals surface area contributed by atoms with Crippen LogP contribution >= 0.6 is 11.8 Å². The topological polar surface area (TPSA) is 119 Å². The van der Waals surface area contributed by atoms with Crippen LogP contribution in [0.5, 0.6) is 5.75 Å². The van der Waals surface area contributed by atoms with Gasteiger partial charge in [-0.25, -0.2) is 15.0 Å². The van der Waals surface area contributed by atoms with E-state index in [1.807, 2.05) is 12.3 Å². The number of nitrogens with two attached hydrogens (primary N) is 1. The number of hydrogen-bond acceptors (Lipinski definition) is 11. The summed E-state index contributed by atoms with van der Waals surface area (Å²) in [5, 5.41) is 10.9. The summed E-state index contributed by atoms with van der Waals surface area (Å²) in [5.74, 6) is 3.19. The van der Waals surface area contributed by atoms with Gasteiger partial charge in [0, 0.05) is 43.9 Å². The maximum atomic E-state index is 10.2. The average molecular weight is 555 g/mol. The normalized spacial score (nSPS) is 29.4. The van der Waals surface area contributed by atoms with Crippen LogP contribution in [-0.2, 0) is 16.1 Å². The molecule has 7 rings (SSSR count). The molecule has 2 aromatic heterocycles. The Morgan fingerprint density at radius 1 is 1.23 bits per heavy atom. The van der Waals surface area contributed by atoms with Gasteiger partial charge in [0.05, 0.1) is 42.6 Å². The van der Waals surface area contributed by atoms with E-state index in [1.54, 1.807) is 6.20 Å². The van der Waals surface area contributed by atoms with Crippen molar-refractivity contribution in [1.29, 1.82) is 0 Å². The van der Waals surface area contributed by atoms with E-state index in [9.17, 15) is 5.11 Å². The molecule has 1 saturated carbocycles. The van der Waals surface area contributed by atoms with Crippen LogP contribution in [0, 0.1) is 11.3 Å². The second-order valence-electron chi connectivity index (χ2n) is 11.8. The van der Waals surface area contributed by atoms with Crippen LogP contribution in [0.15, 0.2) is 28.4 Å². The first kappa shape index (κ1) is 25.8. The molecule has 4 aliphatic heterocycles. The molecule has 0 aromatic carbocycles. The first-order valence-corrected chi connectivity index (χ1v) is 15.1. The lowest BCUT2D eigenvalue weighted by Gasteiger charge is -2.41. The summed E-state index contributed by atoms with van der Waals surface area (Å²) < 4.78 is 18.3. The number of pyridine rings is 1. The van der Waals surface area contributed by atoms with E-state index in [-0.39, 0.29) is 30.3 Å². The average Bonchev–Trinajstić information content (AvgIpc) is 3.64. The van der Waals surface area contributed by atoms with Gasteiger partial charge in [0.25, 0.3) is 0 Å². The summed E-state index contributed by atoms with van der Waals surface area (Å²) in [4.78, 5) is 19.8. The highest BCUT2D eigenvalue weighted by Gasteiger charge is 2.48. The van der Waals surface area contributed by atoms with Crippen molar-refractivity contribution in [3.05, 3.63) is 24.2 Å². The van der Waals surface area contributed by atoms with Crippen LogP contribution in [0.3, 0.4) is 0 Å². The van der Waals surface area contributed by atoms with Crippen LogP contribution in [0.4, 0.5) is 11.6 Å². The molecule has 2 aromatic rings. The standard InChI is InChI=1S/C28H38N6O4S/c1-17-25(29)28(16-38-17)5-8-33(9-6-28)26-21(13-35)32-23(11-31-26)39-22-4-7-30-27-24(22)37-15-19-10-20(12-34(19)27)36-14-18-2-3-18/h4,7,11,17-20,25,35H,2-3,5-6,8-10,12-16,29H2,1H3/t17-,19-,20-,25+/m0/s1. The van der Waals surface area contributed by atoms with Crippen molar-refractivity contribution in [1.82, 2.24) is 15.0 Å². The zero-order chi connectivity index (χ0) is 26.6. The minimum Gasteiger partial charge on any atom is -0.486 e. The van der Waals surface area contributed by atoms with E-state index in [1.165, 1.54) is 24.6 Å². The van der Waals surface area contributed by atoms with Gasteiger partial charge in [0.1, 0.15) is 17.3 Å². The summed E-state index contributed by atoms with van der Waals surface area (Å²) >= 11 is 1.50. The molecule has 5 aliphatic rings. The molecular formula is C28H38N6O4S. The first-order valence-electron chi connectivity index (χ1n) is 14.3. The molecule has 6 heterocycles. The summed E-state index contributed by atoms with van der Waals surface area (Å²) in [6.07, 6.45) is 9.45. The maximum absolute atomic E-state index is 10.2. The predicted molar refractivity (Wildman–Crippen MR) is 147 cm³/mol. The predicted octanol–water partition coefficient (Wildman–Crippen LogP) is 2.61. The number of piperidine rings is 1. The molecule has 1 aliphatic carbocycles. The summed E-state index contributed by atoms with van der Waals surface area (Å²) in [7, 11) is 0. The largest absolute Gasteiger partial charge is 0.486 e. The zero-order valence-electron chi connectivity index (χ0n) is 22.5. The van der Waals surface area contributed by atoms with Gasteiger partial charge < -0.3 is 34.9 Å². The van der Waals surface area contributed by atoms with Crippen molar-refractivity contribution in [2.45, 2.75) is 79.8 Å². The Bertz CT molecular complexity index is 1210. The molecule has 3 saturated heterocycles. The van der Waals surface area contributed by atoms with E-state index in [0.717, 1.165) is 85.3 Å². The van der Waals surface area contributed by atoms with E-state index in [0.29, 0.717) is 18.3 Å². The van der Waals surface area contributed by atoms with Gasteiger partial charge in [0.15, 0.2) is 17.4 Å².